The van der Waals surface area contributed by atoms with Crippen LogP contribution in [0.25, 0.3) is 10.8 Å². The van der Waals surface area contributed by atoms with Crippen molar-refractivity contribution in [1.82, 2.24) is 15.0 Å². The molecule has 0 bridgehead atoms. The maximum Gasteiger partial charge on any atom is 0.233 e. The van der Waals surface area contributed by atoms with E-state index in [9.17, 15) is 0 Å². The number of anilines is 4. The predicted octanol–water partition coefficient (Wildman–Crippen LogP) is 3.14. The third kappa shape index (κ3) is 6.49. The maximum absolute atomic E-state index is 5.56. The Balaban J connectivity index is 1.38. The molecule has 0 atom stereocenters. The molecule has 1 aliphatic rings. The molecule has 0 aliphatic heterocycles. The van der Waals surface area contributed by atoms with Crippen LogP contribution in [0, 0.1) is 0 Å². The van der Waals surface area contributed by atoms with Gasteiger partial charge in [0.1, 0.15) is 0 Å². The van der Waals surface area contributed by atoms with Gasteiger partial charge in [-0.3, -0.25) is 0 Å². The minimum Gasteiger partial charge on any atom is -0.378 e. The molecular weight excluding hydrogens is 406 g/mol. The number of benzene rings is 2. The monoisotopic (exact) mass is 437 g/mol. The van der Waals surface area contributed by atoms with Gasteiger partial charge in [-0.15, -0.1) is 0 Å². The molecule has 0 radical (unpaired) electrons. The highest BCUT2D eigenvalue weighted by molar-refractivity contribution is 5.86. The van der Waals surface area contributed by atoms with Gasteiger partial charge in [-0.05, 0) is 42.2 Å². The first-order chi connectivity index (χ1) is 15.8. The number of fused-ring (bicyclic) bond motifs is 1. The lowest BCUT2D eigenvalue weighted by molar-refractivity contribution is 0.0547. The molecule has 9 nitrogen and oxygen atoms in total. The van der Waals surface area contributed by atoms with Crippen molar-refractivity contribution in [3.8, 4) is 0 Å². The predicted molar refractivity (Wildman–Crippen MR) is 128 cm³/mol. The number of hydrogen-bond donors (Lipinski definition) is 4. The molecule has 0 spiro atoms. The lowest BCUT2D eigenvalue weighted by atomic mass is 9.93. The fourth-order valence-corrected chi connectivity index (χ4v) is 3.35. The third-order valence-electron chi connectivity index (χ3n) is 5.24. The quantitative estimate of drug-likeness (QED) is 0.299. The first-order valence-corrected chi connectivity index (χ1v) is 11.2. The summed E-state index contributed by atoms with van der Waals surface area (Å²) in [6.07, 6.45) is 3.52. The van der Waals surface area contributed by atoms with Crippen molar-refractivity contribution in [3.63, 3.8) is 0 Å². The summed E-state index contributed by atoms with van der Waals surface area (Å²) < 4.78 is 10.9. The van der Waals surface area contributed by atoms with Gasteiger partial charge in [0.2, 0.25) is 17.8 Å². The maximum atomic E-state index is 5.56. The summed E-state index contributed by atoms with van der Waals surface area (Å²) in [5.74, 6) is 1.58. The summed E-state index contributed by atoms with van der Waals surface area (Å²) in [5.41, 5.74) is 6.32. The zero-order valence-corrected chi connectivity index (χ0v) is 18.2. The van der Waals surface area contributed by atoms with Gasteiger partial charge in [0.05, 0.1) is 26.4 Å². The van der Waals surface area contributed by atoms with Gasteiger partial charge < -0.3 is 31.2 Å². The third-order valence-corrected chi connectivity index (χ3v) is 5.24. The molecule has 4 rings (SSSR count). The highest BCUT2D eigenvalue weighted by atomic mass is 16.5. The smallest absolute Gasteiger partial charge is 0.233 e. The van der Waals surface area contributed by atoms with E-state index in [1.165, 1.54) is 11.8 Å². The first kappa shape index (κ1) is 22.2. The summed E-state index contributed by atoms with van der Waals surface area (Å²) in [6.45, 7) is 3.25. The molecule has 2 aromatic carbocycles. The van der Waals surface area contributed by atoms with Gasteiger partial charge in [0, 0.05) is 24.8 Å². The van der Waals surface area contributed by atoms with E-state index >= 15 is 0 Å². The molecule has 170 valence electrons. The summed E-state index contributed by atoms with van der Waals surface area (Å²) in [7, 11) is 0. The average molecular weight is 438 g/mol. The Hall–Kier alpha value is -3.01. The lowest BCUT2D eigenvalue weighted by Crippen LogP contribution is -2.28. The topological polar surface area (TPSA) is 119 Å². The van der Waals surface area contributed by atoms with E-state index in [0.29, 0.717) is 63.4 Å². The number of hydrogen-bond acceptors (Lipinski definition) is 9. The number of aromatic nitrogens is 3. The zero-order chi connectivity index (χ0) is 22.0. The number of rotatable bonds is 13. The Labute approximate surface area is 188 Å². The van der Waals surface area contributed by atoms with Crippen LogP contribution in [-0.4, -0.2) is 60.5 Å². The Morgan fingerprint density at radius 1 is 0.844 bits per heavy atom. The van der Waals surface area contributed by atoms with Crippen molar-refractivity contribution in [2.75, 3.05) is 55.5 Å². The van der Waals surface area contributed by atoms with Gasteiger partial charge in [0.15, 0.2) is 0 Å². The Morgan fingerprint density at radius 2 is 1.59 bits per heavy atom. The Bertz CT molecular complexity index is 997. The van der Waals surface area contributed by atoms with Gasteiger partial charge in [0.25, 0.3) is 0 Å². The molecule has 5 N–H and O–H groups in total. The normalized spacial score (nSPS) is 13.7. The largest absolute Gasteiger partial charge is 0.378 e. The molecule has 1 heterocycles. The van der Waals surface area contributed by atoms with Crippen LogP contribution in [0.5, 0.6) is 0 Å². The molecule has 0 amide bonds. The molecule has 1 aromatic heterocycles. The summed E-state index contributed by atoms with van der Waals surface area (Å²) in [6, 6.07) is 14.9. The Kier molecular flexibility index (Phi) is 8.02. The van der Waals surface area contributed by atoms with Crippen LogP contribution in [0.4, 0.5) is 23.5 Å². The van der Waals surface area contributed by atoms with E-state index in [1.807, 2.05) is 18.2 Å². The van der Waals surface area contributed by atoms with Crippen LogP contribution in [0.2, 0.25) is 0 Å². The van der Waals surface area contributed by atoms with Crippen LogP contribution < -0.4 is 21.7 Å². The second kappa shape index (κ2) is 11.6. The minimum atomic E-state index is 0.427. The van der Waals surface area contributed by atoms with Gasteiger partial charge in [-0.1, -0.05) is 30.3 Å². The highest BCUT2D eigenvalue weighted by Crippen LogP contribution is 2.24. The van der Waals surface area contributed by atoms with Crippen LogP contribution in [0.15, 0.2) is 42.5 Å². The second-order valence-electron chi connectivity index (χ2n) is 7.71. The van der Waals surface area contributed by atoms with E-state index < -0.39 is 0 Å². The zero-order valence-electron chi connectivity index (χ0n) is 18.2. The van der Waals surface area contributed by atoms with Gasteiger partial charge in [-0.25, -0.2) is 0 Å². The van der Waals surface area contributed by atoms with Crippen LogP contribution in [0.3, 0.4) is 0 Å². The summed E-state index contributed by atoms with van der Waals surface area (Å²) in [4.78, 5) is 13.6. The fourth-order valence-electron chi connectivity index (χ4n) is 3.35. The molecule has 9 heteroatoms. The van der Waals surface area contributed by atoms with Crippen molar-refractivity contribution in [3.05, 3.63) is 42.5 Å². The first-order valence-electron chi connectivity index (χ1n) is 11.2. The van der Waals surface area contributed by atoms with Crippen LogP contribution in [-0.2, 0) is 9.47 Å². The van der Waals surface area contributed by atoms with Gasteiger partial charge in [-0.2, -0.15) is 15.0 Å². The Morgan fingerprint density at radius 3 is 2.38 bits per heavy atom. The van der Waals surface area contributed by atoms with Crippen molar-refractivity contribution < 1.29 is 9.47 Å². The summed E-state index contributed by atoms with van der Waals surface area (Å²) >= 11 is 0. The van der Waals surface area contributed by atoms with Crippen LogP contribution in [0.1, 0.15) is 19.3 Å². The highest BCUT2D eigenvalue weighted by Gasteiger charge is 2.19. The lowest BCUT2D eigenvalue weighted by Gasteiger charge is -2.26. The van der Waals surface area contributed by atoms with Gasteiger partial charge >= 0.3 is 0 Å². The molecule has 0 saturated heterocycles. The minimum absolute atomic E-state index is 0.427. The van der Waals surface area contributed by atoms with Crippen molar-refractivity contribution in [2.24, 2.45) is 5.73 Å². The molecule has 1 saturated carbocycles. The molecule has 32 heavy (non-hydrogen) atoms. The van der Waals surface area contributed by atoms with E-state index in [2.05, 4.69) is 55.2 Å². The molecule has 3 aromatic rings. The number of nitrogens with zero attached hydrogens (tertiary/aromatic N) is 3. The molecule has 0 unspecified atom stereocenters. The molecular formula is C23H31N7O2. The van der Waals surface area contributed by atoms with Crippen LogP contribution >= 0.6 is 0 Å². The molecule has 1 fully saturated rings. The molecule has 1 aliphatic carbocycles. The average Bonchev–Trinajstić information content (AvgIpc) is 2.78. The number of nitrogens with one attached hydrogen (secondary N) is 3. The SMILES string of the molecule is NCCOCCOCCNc1nc(Nc2ccc3ccccc3c2)nc(NC2CCC2)n1. The van der Waals surface area contributed by atoms with E-state index in [4.69, 9.17) is 15.2 Å². The van der Waals surface area contributed by atoms with Crippen molar-refractivity contribution in [1.29, 1.82) is 0 Å². The number of ether oxygens (including phenoxy) is 2. The number of nitrogens with two attached hydrogens (primary N) is 1. The fraction of sp³-hybridized carbons (Fsp3) is 0.435. The standard InChI is InChI=1S/C23H31N7O2/c24-10-12-31-14-15-32-13-11-25-21-28-22(26-19-6-3-7-19)30-23(29-21)27-20-9-8-17-4-1-2-5-18(17)16-20/h1-2,4-5,8-9,16,19H,3,6-7,10-15,24H2,(H3,25,26,27,28,29,30). The van der Waals surface area contributed by atoms with E-state index in [-0.39, 0.29) is 0 Å². The van der Waals surface area contributed by atoms with Crippen molar-refractivity contribution >= 4 is 34.3 Å². The van der Waals surface area contributed by atoms with Crippen molar-refractivity contribution in [2.45, 2.75) is 25.3 Å². The van der Waals surface area contributed by atoms with E-state index in [1.54, 1.807) is 0 Å². The second-order valence-corrected chi connectivity index (χ2v) is 7.71. The van der Waals surface area contributed by atoms with E-state index in [0.717, 1.165) is 23.9 Å². The summed E-state index contributed by atoms with van der Waals surface area (Å²) in [5, 5.41) is 12.3.